The molecule has 108 valence electrons. The zero-order valence-electron chi connectivity index (χ0n) is 10.9. The van der Waals surface area contributed by atoms with Gasteiger partial charge in [-0.2, -0.15) is 0 Å². The van der Waals surface area contributed by atoms with E-state index in [4.69, 9.17) is 5.73 Å². The molecule has 0 radical (unpaired) electrons. The van der Waals surface area contributed by atoms with Gasteiger partial charge < -0.3 is 16.2 Å². The van der Waals surface area contributed by atoms with Crippen molar-refractivity contribution in [2.75, 3.05) is 13.1 Å². The van der Waals surface area contributed by atoms with Gasteiger partial charge in [0, 0.05) is 23.9 Å². The zero-order valence-corrected chi connectivity index (χ0v) is 14.1. The average Bonchev–Trinajstić information content (AvgIpc) is 2.98. The Balaban J connectivity index is 0.00000180. The molecule has 1 aliphatic rings. The fraction of sp³-hybridized carbons (Fsp3) is 0.615. The predicted octanol–water partition coefficient (Wildman–Crippen LogP) is 1.97. The fourth-order valence-corrected chi connectivity index (χ4v) is 2.98. The maximum absolute atomic E-state index is 9.67. The molecule has 2 unspecified atom stereocenters. The minimum Gasteiger partial charge on any atom is -0.393 e. The molecule has 0 amide bonds. The van der Waals surface area contributed by atoms with Crippen molar-refractivity contribution in [2.24, 2.45) is 16.6 Å². The third-order valence-electron chi connectivity index (χ3n) is 3.37. The van der Waals surface area contributed by atoms with Gasteiger partial charge in [-0.1, -0.05) is 12.5 Å². The smallest absolute Gasteiger partial charge is 0.188 e. The number of halogens is 1. The summed E-state index contributed by atoms with van der Waals surface area (Å²) in [5.41, 5.74) is 5.80. The minimum atomic E-state index is -0.187. The van der Waals surface area contributed by atoms with Crippen LogP contribution >= 0.6 is 35.3 Å². The van der Waals surface area contributed by atoms with Crippen molar-refractivity contribution >= 4 is 41.3 Å². The molecular weight excluding hydrogens is 373 g/mol. The number of nitrogens with two attached hydrogens (primary N) is 1. The van der Waals surface area contributed by atoms with Crippen LogP contribution in [0.3, 0.4) is 0 Å². The molecule has 19 heavy (non-hydrogen) atoms. The zero-order chi connectivity index (χ0) is 12.8. The van der Waals surface area contributed by atoms with Gasteiger partial charge in [-0.25, -0.2) is 0 Å². The van der Waals surface area contributed by atoms with Crippen molar-refractivity contribution in [3.05, 3.63) is 22.4 Å². The van der Waals surface area contributed by atoms with E-state index >= 15 is 0 Å². The van der Waals surface area contributed by atoms with Crippen LogP contribution in [0.25, 0.3) is 0 Å². The quantitative estimate of drug-likeness (QED) is 0.406. The number of nitrogens with one attached hydrogen (secondary N) is 1. The maximum atomic E-state index is 9.67. The number of hydrogen-bond acceptors (Lipinski definition) is 3. The van der Waals surface area contributed by atoms with E-state index in [-0.39, 0.29) is 30.1 Å². The van der Waals surface area contributed by atoms with Crippen molar-refractivity contribution < 1.29 is 5.11 Å². The number of aliphatic imine (C=N–C) groups is 1. The van der Waals surface area contributed by atoms with Gasteiger partial charge in [0.2, 0.25) is 0 Å². The summed E-state index contributed by atoms with van der Waals surface area (Å²) in [6, 6.07) is 4.17. The molecule has 1 fully saturated rings. The first-order chi connectivity index (χ1) is 8.75. The van der Waals surface area contributed by atoms with E-state index in [1.54, 1.807) is 11.3 Å². The molecule has 1 aromatic heterocycles. The van der Waals surface area contributed by atoms with Crippen molar-refractivity contribution in [3.8, 4) is 0 Å². The molecule has 2 rings (SSSR count). The maximum Gasteiger partial charge on any atom is 0.188 e. The Morgan fingerprint density at radius 3 is 3.00 bits per heavy atom. The van der Waals surface area contributed by atoms with E-state index in [0.29, 0.717) is 18.4 Å². The third-order valence-corrected chi connectivity index (χ3v) is 4.31. The molecule has 0 aliphatic heterocycles. The van der Waals surface area contributed by atoms with Crippen LogP contribution in [0.5, 0.6) is 0 Å². The summed E-state index contributed by atoms with van der Waals surface area (Å²) >= 11 is 1.75. The number of thiophene rings is 1. The molecule has 2 atom stereocenters. The number of hydrogen-bond donors (Lipinski definition) is 3. The van der Waals surface area contributed by atoms with Gasteiger partial charge >= 0.3 is 0 Å². The molecule has 0 bridgehead atoms. The lowest BCUT2D eigenvalue weighted by Gasteiger charge is -2.12. The predicted molar refractivity (Wildman–Crippen MR) is 91.3 cm³/mol. The van der Waals surface area contributed by atoms with Crippen molar-refractivity contribution in [1.82, 2.24) is 5.32 Å². The summed E-state index contributed by atoms with van der Waals surface area (Å²) in [7, 11) is 0. The minimum absolute atomic E-state index is 0. The Morgan fingerprint density at radius 1 is 1.53 bits per heavy atom. The molecule has 4 N–H and O–H groups in total. The van der Waals surface area contributed by atoms with Crippen LogP contribution < -0.4 is 11.1 Å². The number of rotatable bonds is 5. The monoisotopic (exact) mass is 395 g/mol. The van der Waals surface area contributed by atoms with Crippen LogP contribution in [-0.2, 0) is 6.42 Å². The SMILES string of the molecule is I.NC(=NCC1CCCC1O)NCCc1cccs1. The van der Waals surface area contributed by atoms with E-state index in [0.717, 1.165) is 32.2 Å². The van der Waals surface area contributed by atoms with E-state index in [1.165, 1.54) is 4.88 Å². The molecule has 0 spiro atoms. The van der Waals surface area contributed by atoms with Gasteiger partial charge in [-0.15, -0.1) is 35.3 Å². The normalized spacial score (nSPS) is 23.1. The number of aliphatic hydroxyl groups excluding tert-OH is 1. The highest BCUT2D eigenvalue weighted by molar-refractivity contribution is 14.0. The van der Waals surface area contributed by atoms with Crippen LogP contribution in [0.15, 0.2) is 22.5 Å². The van der Waals surface area contributed by atoms with Crippen LogP contribution in [0.1, 0.15) is 24.1 Å². The topological polar surface area (TPSA) is 70.6 Å². The second-order valence-corrected chi connectivity index (χ2v) is 5.77. The van der Waals surface area contributed by atoms with Crippen LogP contribution in [0.2, 0.25) is 0 Å². The molecule has 0 aromatic carbocycles. The third kappa shape index (κ3) is 5.66. The van der Waals surface area contributed by atoms with Crippen LogP contribution in [0, 0.1) is 5.92 Å². The van der Waals surface area contributed by atoms with E-state index in [9.17, 15) is 5.11 Å². The molecule has 1 aromatic rings. The summed E-state index contributed by atoms with van der Waals surface area (Å²) in [6.45, 7) is 1.45. The average molecular weight is 395 g/mol. The first kappa shape index (κ1) is 16.7. The lowest BCUT2D eigenvalue weighted by atomic mass is 10.1. The van der Waals surface area contributed by atoms with E-state index in [1.807, 2.05) is 0 Å². The Kier molecular flexibility index (Phi) is 7.70. The molecule has 6 heteroatoms. The Labute approximate surface area is 135 Å². The Morgan fingerprint density at radius 2 is 2.37 bits per heavy atom. The largest absolute Gasteiger partial charge is 0.393 e. The number of nitrogens with zero attached hydrogens (tertiary/aromatic N) is 1. The highest BCUT2D eigenvalue weighted by Gasteiger charge is 2.24. The van der Waals surface area contributed by atoms with Crippen molar-refractivity contribution in [2.45, 2.75) is 31.8 Å². The molecule has 1 aliphatic carbocycles. The second kappa shape index (κ2) is 8.76. The van der Waals surface area contributed by atoms with Crippen LogP contribution in [0.4, 0.5) is 0 Å². The first-order valence-electron chi connectivity index (χ1n) is 6.50. The van der Waals surface area contributed by atoms with E-state index < -0.39 is 0 Å². The summed E-state index contributed by atoms with van der Waals surface area (Å²) in [6.07, 6.45) is 3.86. The Hall–Kier alpha value is -0.340. The number of guanidine groups is 1. The van der Waals surface area contributed by atoms with Gasteiger partial charge in [0.1, 0.15) is 0 Å². The lowest BCUT2D eigenvalue weighted by molar-refractivity contribution is 0.136. The molecule has 1 saturated carbocycles. The van der Waals surface area contributed by atoms with Crippen molar-refractivity contribution in [3.63, 3.8) is 0 Å². The van der Waals surface area contributed by atoms with Gasteiger partial charge in [-0.3, -0.25) is 4.99 Å². The highest BCUT2D eigenvalue weighted by atomic mass is 127. The fourth-order valence-electron chi connectivity index (χ4n) is 2.27. The van der Waals surface area contributed by atoms with E-state index in [2.05, 4.69) is 27.8 Å². The standard InChI is InChI=1S/C13H21N3OS.HI/c14-13(15-7-6-11-4-2-8-18-11)16-9-10-3-1-5-12(10)17;/h2,4,8,10,12,17H,1,3,5-7,9H2,(H3,14,15,16);1H. The second-order valence-electron chi connectivity index (χ2n) is 4.74. The molecule has 1 heterocycles. The molecule has 4 nitrogen and oxygen atoms in total. The molecular formula is C13H22IN3OS. The van der Waals surface area contributed by atoms with Gasteiger partial charge in [0.05, 0.1) is 6.10 Å². The van der Waals surface area contributed by atoms with Crippen LogP contribution in [-0.4, -0.2) is 30.3 Å². The molecule has 0 saturated heterocycles. The van der Waals surface area contributed by atoms with Gasteiger partial charge in [0.25, 0.3) is 0 Å². The number of aliphatic hydroxyl groups is 1. The first-order valence-corrected chi connectivity index (χ1v) is 7.38. The lowest BCUT2D eigenvalue weighted by Crippen LogP contribution is -2.34. The summed E-state index contributed by atoms with van der Waals surface area (Å²) in [4.78, 5) is 5.65. The van der Waals surface area contributed by atoms with Gasteiger partial charge in [-0.05, 0) is 30.7 Å². The Bertz CT molecular complexity index is 383. The van der Waals surface area contributed by atoms with Crippen molar-refractivity contribution in [1.29, 1.82) is 0 Å². The summed E-state index contributed by atoms with van der Waals surface area (Å²) < 4.78 is 0. The highest BCUT2D eigenvalue weighted by Crippen LogP contribution is 2.25. The summed E-state index contributed by atoms with van der Waals surface area (Å²) in [5, 5.41) is 14.9. The summed E-state index contributed by atoms with van der Waals surface area (Å²) in [5.74, 6) is 0.785. The van der Waals surface area contributed by atoms with Gasteiger partial charge in [0.15, 0.2) is 5.96 Å².